The Morgan fingerprint density at radius 3 is 2.41 bits per heavy atom. The number of nitrogens with one attached hydrogen (secondary N) is 1. The topological polar surface area (TPSA) is 15.3 Å². The largest absolute Gasteiger partial charge is 0.372 e. The van der Waals surface area contributed by atoms with E-state index in [-0.39, 0.29) is 0 Å². The smallest absolute Gasteiger partial charge is 0.0366 e. The van der Waals surface area contributed by atoms with Gasteiger partial charge in [0, 0.05) is 31.4 Å². The van der Waals surface area contributed by atoms with Crippen LogP contribution in [0.4, 0.5) is 5.69 Å². The Balaban J connectivity index is 1.88. The van der Waals surface area contributed by atoms with E-state index in [4.69, 9.17) is 0 Å². The number of anilines is 1. The third kappa shape index (κ3) is 3.47. The fourth-order valence-electron chi connectivity index (χ4n) is 2.24. The second kappa shape index (κ2) is 6.06. The lowest BCUT2D eigenvalue weighted by Crippen LogP contribution is -2.24. The fourth-order valence-corrected chi connectivity index (χ4v) is 2.24. The summed E-state index contributed by atoms with van der Waals surface area (Å²) in [5.41, 5.74) is 2.77. The highest BCUT2D eigenvalue weighted by Gasteiger charge is 2.11. The molecule has 1 heterocycles. The molecular weight excluding hydrogens is 208 g/mol. The van der Waals surface area contributed by atoms with Crippen molar-refractivity contribution in [1.29, 1.82) is 0 Å². The standard InChI is InChI=1S/C15H24N2/c1-3-13(2)16-12-14-6-8-15(9-7-14)17-10-4-5-11-17/h6-9,13,16H,3-5,10-12H2,1-2H3. The van der Waals surface area contributed by atoms with Crippen molar-refractivity contribution < 1.29 is 0 Å². The Morgan fingerprint density at radius 1 is 1.18 bits per heavy atom. The van der Waals surface area contributed by atoms with Crippen molar-refractivity contribution in [2.75, 3.05) is 18.0 Å². The average Bonchev–Trinajstić information content (AvgIpc) is 2.90. The van der Waals surface area contributed by atoms with Gasteiger partial charge in [-0.05, 0) is 43.9 Å². The Hall–Kier alpha value is -1.02. The summed E-state index contributed by atoms with van der Waals surface area (Å²) in [7, 11) is 0. The zero-order chi connectivity index (χ0) is 12.1. The van der Waals surface area contributed by atoms with Crippen LogP contribution in [0.5, 0.6) is 0 Å². The molecule has 1 fully saturated rings. The van der Waals surface area contributed by atoms with Crippen LogP contribution in [0.25, 0.3) is 0 Å². The molecule has 1 aliphatic heterocycles. The molecule has 0 aromatic heterocycles. The van der Waals surface area contributed by atoms with Crippen LogP contribution in [-0.2, 0) is 6.54 Å². The molecule has 94 valence electrons. The van der Waals surface area contributed by atoms with Crippen molar-refractivity contribution >= 4 is 5.69 Å². The van der Waals surface area contributed by atoms with Gasteiger partial charge < -0.3 is 10.2 Å². The van der Waals surface area contributed by atoms with Crippen LogP contribution in [0.15, 0.2) is 24.3 Å². The molecule has 1 unspecified atom stereocenters. The van der Waals surface area contributed by atoms with E-state index in [9.17, 15) is 0 Å². The highest BCUT2D eigenvalue weighted by Crippen LogP contribution is 2.20. The minimum Gasteiger partial charge on any atom is -0.372 e. The Bertz CT molecular complexity index is 325. The number of nitrogens with zero attached hydrogens (tertiary/aromatic N) is 1. The first-order valence-electron chi connectivity index (χ1n) is 6.87. The average molecular weight is 232 g/mol. The monoisotopic (exact) mass is 232 g/mol. The molecule has 0 spiro atoms. The molecule has 1 N–H and O–H groups in total. The van der Waals surface area contributed by atoms with E-state index >= 15 is 0 Å². The van der Waals surface area contributed by atoms with Crippen LogP contribution in [0.3, 0.4) is 0 Å². The van der Waals surface area contributed by atoms with E-state index in [1.807, 2.05) is 0 Å². The van der Waals surface area contributed by atoms with E-state index < -0.39 is 0 Å². The minimum atomic E-state index is 0.605. The van der Waals surface area contributed by atoms with E-state index in [1.165, 1.54) is 43.6 Å². The molecule has 1 atom stereocenters. The number of rotatable bonds is 5. The predicted molar refractivity (Wildman–Crippen MR) is 74.5 cm³/mol. The van der Waals surface area contributed by atoms with Crippen molar-refractivity contribution in [3.8, 4) is 0 Å². The Labute approximate surface area is 105 Å². The first kappa shape index (κ1) is 12.4. The molecule has 1 aliphatic rings. The van der Waals surface area contributed by atoms with Crippen LogP contribution in [0.2, 0.25) is 0 Å². The maximum atomic E-state index is 3.52. The first-order chi connectivity index (χ1) is 8.29. The predicted octanol–water partition coefficient (Wildman–Crippen LogP) is 3.17. The molecule has 2 rings (SSSR count). The molecule has 0 radical (unpaired) electrons. The number of hydrogen-bond acceptors (Lipinski definition) is 2. The van der Waals surface area contributed by atoms with Crippen LogP contribution in [-0.4, -0.2) is 19.1 Å². The van der Waals surface area contributed by atoms with Crippen molar-refractivity contribution in [2.45, 2.75) is 45.7 Å². The molecule has 2 nitrogen and oxygen atoms in total. The molecule has 1 aromatic rings. The van der Waals surface area contributed by atoms with Gasteiger partial charge >= 0.3 is 0 Å². The normalized spacial score (nSPS) is 17.4. The Morgan fingerprint density at radius 2 is 1.82 bits per heavy atom. The van der Waals surface area contributed by atoms with E-state index in [2.05, 4.69) is 48.3 Å². The third-order valence-corrected chi connectivity index (χ3v) is 3.67. The lowest BCUT2D eigenvalue weighted by molar-refractivity contribution is 0.534. The number of benzene rings is 1. The summed E-state index contributed by atoms with van der Waals surface area (Å²) in [6.45, 7) is 7.89. The molecule has 0 aliphatic carbocycles. The SMILES string of the molecule is CCC(C)NCc1ccc(N2CCCC2)cc1. The number of hydrogen-bond donors (Lipinski definition) is 1. The van der Waals surface area contributed by atoms with Gasteiger partial charge in [-0.15, -0.1) is 0 Å². The summed E-state index contributed by atoms with van der Waals surface area (Å²) in [5.74, 6) is 0. The van der Waals surface area contributed by atoms with Gasteiger partial charge in [0.2, 0.25) is 0 Å². The van der Waals surface area contributed by atoms with Gasteiger partial charge in [-0.1, -0.05) is 19.1 Å². The van der Waals surface area contributed by atoms with Gasteiger partial charge in [0.15, 0.2) is 0 Å². The van der Waals surface area contributed by atoms with Gasteiger partial charge in [-0.25, -0.2) is 0 Å². The Kier molecular flexibility index (Phi) is 4.43. The first-order valence-corrected chi connectivity index (χ1v) is 6.87. The summed E-state index contributed by atoms with van der Waals surface area (Å²) in [5, 5.41) is 3.52. The lowest BCUT2D eigenvalue weighted by Gasteiger charge is -2.18. The maximum absolute atomic E-state index is 3.52. The quantitative estimate of drug-likeness (QED) is 0.839. The lowest BCUT2D eigenvalue weighted by atomic mass is 10.1. The third-order valence-electron chi connectivity index (χ3n) is 3.67. The van der Waals surface area contributed by atoms with Crippen molar-refractivity contribution in [3.05, 3.63) is 29.8 Å². The highest BCUT2D eigenvalue weighted by molar-refractivity contribution is 5.48. The van der Waals surface area contributed by atoms with Crippen molar-refractivity contribution in [1.82, 2.24) is 5.32 Å². The fraction of sp³-hybridized carbons (Fsp3) is 0.600. The van der Waals surface area contributed by atoms with Crippen molar-refractivity contribution in [3.63, 3.8) is 0 Å². The van der Waals surface area contributed by atoms with Crippen molar-refractivity contribution in [2.24, 2.45) is 0 Å². The molecule has 0 amide bonds. The zero-order valence-corrected chi connectivity index (χ0v) is 11.1. The van der Waals surface area contributed by atoms with E-state index in [0.29, 0.717) is 6.04 Å². The molecule has 0 bridgehead atoms. The van der Waals surface area contributed by atoms with Crippen LogP contribution < -0.4 is 10.2 Å². The van der Waals surface area contributed by atoms with Gasteiger partial charge in [-0.2, -0.15) is 0 Å². The zero-order valence-electron chi connectivity index (χ0n) is 11.1. The van der Waals surface area contributed by atoms with Gasteiger partial charge in [-0.3, -0.25) is 0 Å². The second-order valence-electron chi connectivity index (χ2n) is 5.05. The van der Waals surface area contributed by atoms with E-state index in [1.54, 1.807) is 0 Å². The molecule has 1 aromatic carbocycles. The summed E-state index contributed by atoms with van der Waals surface area (Å²) in [6.07, 6.45) is 3.88. The maximum Gasteiger partial charge on any atom is 0.0366 e. The van der Waals surface area contributed by atoms with Gasteiger partial charge in [0.25, 0.3) is 0 Å². The summed E-state index contributed by atoms with van der Waals surface area (Å²) in [4.78, 5) is 2.48. The second-order valence-corrected chi connectivity index (χ2v) is 5.05. The molecule has 1 saturated heterocycles. The van der Waals surface area contributed by atoms with Crippen LogP contribution in [0.1, 0.15) is 38.7 Å². The summed E-state index contributed by atoms with van der Waals surface area (Å²) >= 11 is 0. The summed E-state index contributed by atoms with van der Waals surface area (Å²) < 4.78 is 0. The minimum absolute atomic E-state index is 0.605. The van der Waals surface area contributed by atoms with Crippen LogP contribution >= 0.6 is 0 Å². The molecule has 0 saturated carbocycles. The van der Waals surface area contributed by atoms with E-state index in [0.717, 1.165) is 6.54 Å². The molecule has 2 heteroatoms. The highest BCUT2D eigenvalue weighted by atomic mass is 15.1. The molecular formula is C15H24N2. The van der Waals surface area contributed by atoms with Crippen LogP contribution in [0, 0.1) is 0 Å². The van der Waals surface area contributed by atoms with Gasteiger partial charge in [0.1, 0.15) is 0 Å². The summed E-state index contributed by atoms with van der Waals surface area (Å²) in [6, 6.07) is 9.64. The molecule has 17 heavy (non-hydrogen) atoms. The van der Waals surface area contributed by atoms with Gasteiger partial charge in [0.05, 0.1) is 0 Å².